The smallest absolute Gasteiger partial charge is 0.316 e. The van der Waals surface area contributed by atoms with Crippen molar-refractivity contribution in [3.05, 3.63) is 23.8 Å². The summed E-state index contributed by atoms with van der Waals surface area (Å²) < 4.78 is 30.4. The summed E-state index contributed by atoms with van der Waals surface area (Å²) in [6.45, 7) is 0. The van der Waals surface area contributed by atoms with E-state index in [2.05, 4.69) is 9.68 Å². The largest absolute Gasteiger partial charge is 0.494 e. The lowest BCUT2D eigenvalue weighted by Gasteiger charge is -2.34. The Hall–Kier alpha value is -2.00. The monoisotopic (exact) mass is 397 g/mol. The third kappa shape index (κ3) is 5.25. The van der Waals surface area contributed by atoms with E-state index >= 15 is 0 Å². The molecule has 1 saturated carbocycles. The van der Waals surface area contributed by atoms with Crippen molar-refractivity contribution in [3.63, 3.8) is 0 Å². The first-order chi connectivity index (χ1) is 12.5. The lowest BCUT2D eigenvalue weighted by molar-refractivity contribution is -0.128. The fraction of sp³-hybridized carbons (Fsp3) is 0.529. The third-order valence-corrected chi connectivity index (χ3v) is 5.16. The fourth-order valence-electron chi connectivity index (χ4n) is 3.20. The Balaban J connectivity index is 2.25. The SMILES string of the molecule is CNC(=S)N(C(=O)Cc1ccc(OC)c(N=S(=O)=O)c1)C1CCCCC1. The van der Waals surface area contributed by atoms with Crippen molar-refractivity contribution in [1.82, 2.24) is 10.2 Å². The Morgan fingerprint density at radius 2 is 2.04 bits per heavy atom. The van der Waals surface area contributed by atoms with Crippen LogP contribution in [0.4, 0.5) is 5.69 Å². The highest BCUT2D eigenvalue weighted by Gasteiger charge is 2.28. The number of benzene rings is 1. The molecule has 1 aliphatic carbocycles. The molecule has 0 bridgehead atoms. The van der Waals surface area contributed by atoms with Gasteiger partial charge in [0.15, 0.2) is 5.11 Å². The molecule has 1 aromatic carbocycles. The molecule has 0 atom stereocenters. The summed E-state index contributed by atoms with van der Waals surface area (Å²) in [5.74, 6) is 0.218. The number of amides is 1. The Kier molecular flexibility index (Phi) is 7.52. The van der Waals surface area contributed by atoms with Gasteiger partial charge in [-0.05, 0) is 42.8 Å². The van der Waals surface area contributed by atoms with Crippen LogP contribution in [0.25, 0.3) is 0 Å². The standard InChI is InChI=1S/C17H23N3O4S2/c1-18-17(25)20(13-6-4-3-5-7-13)16(21)11-12-8-9-15(24-2)14(10-12)19-26(22)23/h8-10,13H,3-7,11H2,1-2H3,(H,18,25). The first-order valence-corrected chi connectivity index (χ1v) is 9.92. The number of thiocarbonyl (C=S) groups is 1. The molecule has 0 unspecified atom stereocenters. The van der Waals surface area contributed by atoms with E-state index in [0.29, 0.717) is 16.4 Å². The van der Waals surface area contributed by atoms with E-state index < -0.39 is 10.5 Å². The molecule has 2 rings (SSSR count). The predicted molar refractivity (Wildman–Crippen MR) is 103 cm³/mol. The van der Waals surface area contributed by atoms with Crippen molar-refractivity contribution < 1.29 is 17.9 Å². The highest BCUT2D eigenvalue weighted by atomic mass is 32.2. The minimum Gasteiger partial charge on any atom is -0.494 e. The van der Waals surface area contributed by atoms with Gasteiger partial charge in [0, 0.05) is 13.1 Å². The molecular formula is C17H23N3O4S2. The van der Waals surface area contributed by atoms with Crippen LogP contribution in [0.3, 0.4) is 0 Å². The lowest BCUT2D eigenvalue weighted by Crippen LogP contribution is -2.49. The first kappa shape index (κ1) is 20.3. The predicted octanol–water partition coefficient (Wildman–Crippen LogP) is 2.60. The lowest BCUT2D eigenvalue weighted by atomic mass is 9.94. The molecule has 0 aromatic heterocycles. The van der Waals surface area contributed by atoms with Crippen LogP contribution in [-0.2, 0) is 21.7 Å². The van der Waals surface area contributed by atoms with E-state index in [1.54, 1.807) is 30.1 Å². The van der Waals surface area contributed by atoms with Crippen molar-refractivity contribution in [2.75, 3.05) is 14.2 Å². The summed E-state index contributed by atoms with van der Waals surface area (Å²) in [4.78, 5) is 14.6. The van der Waals surface area contributed by atoms with Gasteiger partial charge in [0.05, 0.1) is 13.5 Å². The first-order valence-electron chi connectivity index (χ1n) is 8.48. The van der Waals surface area contributed by atoms with E-state index in [0.717, 1.165) is 25.7 Å². The van der Waals surface area contributed by atoms with Gasteiger partial charge in [0.1, 0.15) is 11.4 Å². The van der Waals surface area contributed by atoms with Crippen LogP contribution in [0, 0.1) is 0 Å². The zero-order chi connectivity index (χ0) is 19.1. The molecular weight excluding hydrogens is 374 g/mol. The molecule has 1 fully saturated rings. The molecule has 7 nitrogen and oxygen atoms in total. The number of hydrogen-bond acceptors (Lipinski definition) is 6. The highest BCUT2D eigenvalue weighted by molar-refractivity contribution is 7.80. The Morgan fingerprint density at radius 3 is 2.62 bits per heavy atom. The van der Waals surface area contributed by atoms with Crippen LogP contribution in [0.15, 0.2) is 22.6 Å². The normalized spacial score (nSPS) is 14.4. The van der Waals surface area contributed by atoms with Crippen molar-refractivity contribution in [3.8, 4) is 5.75 Å². The van der Waals surface area contributed by atoms with Gasteiger partial charge in [0.2, 0.25) is 5.91 Å². The average Bonchev–Trinajstić information content (AvgIpc) is 2.62. The zero-order valence-corrected chi connectivity index (χ0v) is 16.5. The summed E-state index contributed by atoms with van der Waals surface area (Å²) in [5.41, 5.74) is 0.825. The van der Waals surface area contributed by atoms with E-state index in [4.69, 9.17) is 17.0 Å². The molecule has 1 aromatic rings. The van der Waals surface area contributed by atoms with Crippen LogP contribution in [0.5, 0.6) is 5.75 Å². The van der Waals surface area contributed by atoms with Crippen LogP contribution in [0.2, 0.25) is 0 Å². The average molecular weight is 398 g/mol. The van der Waals surface area contributed by atoms with E-state index in [1.807, 2.05) is 0 Å². The quantitative estimate of drug-likeness (QED) is 0.769. The van der Waals surface area contributed by atoms with Crippen molar-refractivity contribution in [1.29, 1.82) is 0 Å². The maximum atomic E-state index is 12.9. The number of rotatable bonds is 5. The highest BCUT2D eigenvalue weighted by Crippen LogP contribution is 2.29. The minimum absolute atomic E-state index is 0.104. The maximum absolute atomic E-state index is 12.9. The van der Waals surface area contributed by atoms with Gasteiger partial charge >= 0.3 is 10.5 Å². The Labute approximate surface area is 160 Å². The zero-order valence-electron chi connectivity index (χ0n) is 14.9. The second-order valence-corrected chi connectivity index (χ2v) is 7.11. The van der Waals surface area contributed by atoms with Gasteiger partial charge in [-0.3, -0.25) is 9.69 Å². The molecule has 9 heteroatoms. The van der Waals surface area contributed by atoms with Gasteiger partial charge < -0.3 is 10.1 Å². The Bertz CT molecular complexity index is 794. The minimum atomic E-state index is -2.60. The molecule has 0 saturated heterocycles. The number of nitrogens with one attached hydrogen (secondary N) is 1. The van der Waals surface area contributed by atoms with Crippen LogP contribution in [-0.4, -0.2) is 44.5 Å². The van der Waals surface area contributed by atoms with Crippen LogP contribution < -0.4 is 10.1 Å². The second kappa shape index (κ2) is 9.63. The maximum Gasteiger partial charge on any atom is 0.316 e. The van der Waals surface area contributed by atoms with Crippen LogP contribution >= 0.6 is 12.2 Å². The molecule has 1 amide bonds. The van der Waals surface area contributed by atoms with Crippen LogP contribution in [0.1, 0.15) is 37.7 Å². The fourth-order valence-corrected chi connectivity index (χ4v) is 3.75. The van der Waals surface area contributed by atoms with Crippen molar-refractivity contribution in [2.45, 2.75) is 44.6 Å². The molecule has 0 aliphatic heterocycles. The molecule has 0 spiro atoms. The van der Waals surface area contributed by atoms with E-state index in [9.17, 15) is 13.2 Å². The molecule has 1 N–H and O–H groups in total. The summed E-state index contributed by atoms with van der Waals surface area (Å²) >= 11 is 5.35. The number of carbonyl (C=O) groups excluding carboxylic acids is 1. The number of methoxy groups -OCH3 is 1. The number of hydrogen-bond donors (Lipinski definition) is 1. The summed E-state index contributed by atoms with van der Waals surface area (Å²) in [7, 11) is 0.539. The molecule has 26 heavy (non-hydrogen) atoms. The van der Waals surface area contributed by atoms with Gasteiger partial charge in [-0.2, -0.15) is 8.42 Å². The number of ether oxygens (including phenoxy) is 1. The molecule has 142 valence electrons. The number of carbonyl (C=O) groups is 1. The summed E-state index contributed by atoms with van der Waals surface area (Å²) in [6, 6.07) is 4.99. The topological polar surface area (TPSA) is 88.1 Å². The second-order valence-electron chi connectivity index (χ2n) is 6.10. The van der Waals surface area contributed by atoms with Gasteiger partial charge in [-0.15, -0.1) is 4.36 Å². The van der Waals surface area contributed by atoms with Crippen molar-refractivity contribution in [2.24, 2.45) is 4.36 Å². The van der Waals surface area contributed by atoms with Crippen molar-refractivity contribution >= 4 is 39.4 Å². The number of nitrogens with zero attached hydrogens (tertiary/aromatic N) is 2. The van der Waals surface area contributed by atoms with Gasteiger partial charge in [-0.1, -0.05) is 25.3 Å². The van der Waals surface area contributed by atoms with E-state index in [-0.39, 0.29) is 24.1 Å². The molecule has 0 radical (unpaired) electrons. The van der Waals surface area contributed by atoms with E-state index in [1.165, 1.54) is 13.5 Å². The summed E-state index contributed by atoms with van der Waals surface area (Å²) in [5, 5.41) is 3.32. The van der Waals surface area contributed by atoms with Gasteiger partial charge in [-0.25, -0.2) is 0 Å². The molecule has 1 aliphatic rings. The van der Waals surface area contributed by atoms with Gasteiger partial charge in [0.25, 0.3) is 0 Å². The third-order valence-electron chi connectivity index (χ3n) is 4.41. The molecule has 0 heterocycles. The Morgan fingerprint density at radius 1 is 1.35 bits per heavy atom. The summed E-state index contributed by atoms with van der Waals surface area (Å²) in [6.07, 6.45) is 5.33.